The molecule has 2 aromatic carbocycles. The average Bonchev–Trinajstić information content (AvgIpc) is 2.79. The molecule has 4 rings (SSSR count). The second-order valence-electron chi connectivity index (χ2n) is 8.36. The third-order valence-corrected chi connectivity index (χ3v) is 5.09. The molecule has 0 fully saturated rings. The second-order valence-corrected chi connectivity index (χ2v) is 8.36. The van der Waals surface area contributed by atoms with Gasteiger partial charge in [-0.15, -0.1) is 0 Å². The maximum Gasteiger partial charge on any atom is 0.211 e. The molecule has 2 heterocycles. The van der Waals surface area contributed by atoms with Gasteiger partial charge in [0.25, 0.3) is 0 Å². The van der Waals surface area contributed by atoms with E-state index < -0.39 is 0 Å². The Morgan fingerprint density at radius 3 is 2.17 bits per heavy atom. The number of carbonyl (C=O) groups excluding carboxylic acids is 1. The molecule has 0 radical (unpaired) electrons. The SMILES string of the molecule is CC(C)(C)c1cccc(-c2cccc(C(=O)c3cccc(-c4ccccn4)c3)n2)c1. The molecule has 3 heteroatoms. The molecule has 3 nitrogen and oxygen atoms in total. The van der Waals surface area contributed by atoms with Crippen molar-refractivity contribution < 1.29 is 4.79 Å². The van der Waals surface area contributed by atoms with E-state index in [2.05, 4.69) is 42.9 Å². The van der Waals surface area contributed by atoms with Crippen LogP contribution in [0.3, 0.4) is 0 Å². The van der Waals surface area contributed by atoms with Crippen molar-refractivity contribution in [1.82, 2.24) is 9.97 Å². The highest BCUT2D eigenvalue weighted by Gasteiger charge is 2.16. The van der Waals surface area contributed by atoms with Crippen molar-refractivity contribution in [2.75, 3.05) is 0 Å². The summed E-state index contributed by atoms with van der Waals surface area (Å²) in [5.41, 5.74) is 5.89. The zero-order chi connectivity index (χ0) is 21.1. The normalized spacial score (nSPS) is 11.3. The highest BCUT2D eigenvalue weighted by atomic mass is 16.1. The van der Waals surface area contributed by atoms with E-state index in [1.165, 1.54) is 5.56 Å². The van der Waals surface area contributed by atoms with E-state index in [0.717, 1.165) is 22.5 Å². The van der Waals surface area contributed by atoms with E-state index in [9.17, 15) is 4.79 Å². The van der Waals surface area contributed by atoms with Crippen molar-refractivity contribution in [3.63, 3.8) is 0 Å². The summed E-state index contributed by atoms with van der Waals surface area (Å²) in [5.74, 6) is -0.0957. The lowest BCUT2D eigenvalue weighted by molar-refractivity contribution is 0.103. The molecule has 148 valence electrons. The molecule has 0 N–H and O–H groups in total. The van der Waals surface area contributed by atoms with Gasteiger partial charge in [-0.2, -0.15) is 0 Å². The number of aromatic nitrogens is 2. The number of nitrogens with zero attached hydrogens (tertiary/aromatic N) is 2. The van der Waals surface area contributed by atoms with Gasteiger partial charge in [0.15, 0.2) is 0 Å². The zero-order valence-electron chi connectivity index (χ0n) is 17.5. The minimum Gasteiger partial charge on any atom is -0.287 e. The van der Waals surface area contributed by atoms with Crippen molar-refractivity contribution in [2.45, 2.75) is 26.2 Å². The zero-order valence-corrected chi connectivity index (χ0v) is 17.5. The van der Waals surface area contributed by atoms with Gasteiger partial charge in [0.1, 0.15) is 5.69 Å². The van der Waals surface area contributed by atoms with Gasteiger partial charge in [0.05, 0.1) is 11.4 Å². The molecular formula is C27H24N2O. The van der Waals surface area contributed by atoms with Gasteiger partial charge < -0.3 is 0 Å². The Hall–Kier alpha value is -3.59. The monoisotopic (exact) mass is 392 g/mol. The van der Waals surface area contributed by atoms with Gasteiger partial charge in [0.2, 0.25) is 5.78 Å². The predicted octanol–water partition coefficient (Wildman–Crippen LogP) is 6.34. The molecule has 0 aliphatic carbocycles. The first-order valence-corrected chi connectivity index (χ1v) is 10.1. The molecule has 0 saturated carbocycles. The molecule has 0 unspecified atom stereocenters. The van der Waals surface area contributed by atoms with Gasteiger partial charge in [-0.05, 0) is 47.4 Å². The van der Waals surface area contributed by atoms with Crippen molar-refractivity contribution in [2.24, 2.45) is 0 Å². The molecule has 4 aromatic rings. The molecule has 30 heavy (non-hydrogen) atoms. The van der Waals surface area contributed by atoms with Crippen LogP contribution in [0.4, 0.5) is 0 Å². The van der Waals surface area contributed by atoms with Crippen molar-refractivity contribution in [3.8, 4) is 22.5 Å². The number of ketones is 1. The third-order valence-electron chi connectivity index (χ3n) is 5.09. The van der Waals surface area contributed by atoms with Gasteiger partial charge in [-0.25, -0.2) is 4.98 Å². The van der Waals surface area contributed by atoms with Crippen LogP contribution in [0.5, 0.6) is 0 Å². The number of hydrogen-bond donors (Lipinski definition) is 0. The maximum absolute atomic E-state index is 13.2. The molecular weight excluding hydrogens is 368 g/mol. The van der Waals surface area contributed by atoms with Gasteiger partial charge in [-0.1, -0.05) is 69.3 Å². The van der Waals surface area contributed by atoms with Crippen molar-refractivity contribution in [1.29, 1.82) is 0 Å². The van der Waals surface area contributed by atoms with Gasteiger partial charge >= 0.3 is 0 Å². The maximum atomic E-state index is 13.2. The van der Waals surface area contributed by atoms with Crippen LogP contribution in [0.25, 0.3) is 22.5 Å². The summed E-state index contributed by atoms with van der Waals surface area (Å²) in [6.45, 7) is 6.57. The summed E-state index contributed by atoms with van der Waals surface area (Å²) in [4.78, 5) is 22.2. The highest BCUT2D eigenvalue weighted by Crippen LogP contribution is 2.27. The van der Waals surface area contributed by atoms with Crippen LogP contribution in [0.2, 0.25) is 0 Å². The molecule has 0 aliphatic heterocycles. The molecule has 0 aliphatic rings. The van der Waals surface area contributed by atoms with Crippen LogP contribution < -0.4 is 0 Å². The lowest BCUT2D eigenvalue weighted by Crippen LogP contribution is -2.11. The lowest BCUT2D eigenvalue weighted by atomic mass is 9.86. The molecule has 2 aromatic heterocycles. The van der Waals surface area contributed by atoms with E-state index in [1.54, 1.807) is 12.3 Å². The van der Waals surface area contributed by atoms with Crippen LogP contribution in [0.15, 0.2) is 91.1 Å². The topological polar surface area (TPSA) is 42.9 Å². The Labute approximate surface area is 177 Å². The van der Waals surface area contributed by atoms with Crippen LogP contribution in [0, 0.1) is 0 Å². The Balaban J connectivity index is 1.67. The fourth-order valence-corrected chi connectivity index (χ4v) is 3.37. The number of carbonyl (C=O) groups is 1. The van der Waals surface area contributed by atoms with Crippen LogP contribution in [0.1, 0.15) is 42.4 Å². The quantitative estimate of drug-likeness (QED) is 0.381. The van der Waals surface area contributed by atoms with Crippen molar-refractivity contribution in [3.05, 3.63) is 108 Å². The fourth-order valence-electron chi connectivity index (χ4n) is 3.37. The third kappa shape index (κ3) is 4.20. The summed E-state index contributed by atoms with van der Waals surface area (Å²) in [6.07, 6.45) is 1.75. The Morgan fingerprint density at radius 1 is 0.733 bits per heavy atom. The number of benzene rings is 2. The van der Waals surface area contributed by atoms with E-state index in [1.807, 2.05) is 66.7 Å². The first kappa shape index (κ1) is 19.7. The van der Waals surface area contributed by atoms with Gasteiger partial charge in [-0.3, -0.25) is 9.78 Å². The first-order valence-electron chi connectivity index (χ1n) is 10.1. The van der Waals surface area contributed by atoms with Crippen molar-refractivity contribution >= 4 is 5.78 Å². The highest BCUT2D eigenvalue weighted by molar-refractivity contribution is 6.08. The predicted molar refractivity (Wildman–Crippen MR) is 121 cm³/mol. The average molecular weight is 393 g/mol. The standard InChI is InChI=1S/C27H24N2O/c1-27(2,3)22-12-7-10-20(18-22)24-14-8-15-25(29-24)26(30)21-11-6-9-19(17-21)23-13-4-5-16-28-23/h4-18H,1-3H3. The number of rotatable bonds is 4. The summed E-state index contributed by atoms with van der Waals surface area (Å²) in [6, 6.07) is 27.3. The van der Waals surface area contributed by atoms with E-state index in [4.69, 9.17) is 0 Å². The minimum absolute atomic E-state index is 0.0509. The Morgan fingerprint density at radius 2 is 1.43 bits per heavy atom. The summed E-state index contributed by atoms with van der Waals surface area (Å²) >= 11 is 0. The molecule has 0 amide bonds. The number of hydrogen-bond acceptors (Lipinski definition) is 3. The smallest absolute Gasteiger partial charge is 0.211 e. The molecule has 0 bridgehead atoms. The Bertz CT molecular complexity index is 1190. The second kappa shape index (κ2) is 8.03. The van der Waals surface area contributed by atoms with Crippen LogP contribution in [-0.2, 0) is 5.41 Å². The van der Waals surface area contributed by atoms with Crippen LogP contribution in [-0.4, -0.2) is 15.8 Å². The summed E-state index contributed by atoms with van der Waals surface area (Å²) < 4.78 is 0. The molecule has 0 saturated heterocycles. The summed E-state index contributed by atoms with van der Waals surface area (Å²) in [5, 5.41) is 0. The molecule has 0 spiro atoms. The largest absolute Gasteiger partial charge is 0.287 e. The van der Waals surface area contributed by atoms with E-state index in [0.29, 0.717) is 11.3 Å². The first-order chi connectivity index (χ1) is 14.4. The molecule has 0 atom stereocenters. The van der Waals surface area contributed by atoms with Gasteiger partial charge in [0, 0.05) is 22.9 Å². The number of pyridine rings is 2. The Kier molecular flexibility index (Phi) is 5.28. The van der Waals surface area contributed by atoms with Crippen LogP contribution >= 0.6 is 0 Å². The minimum atomic E-state index is -0.0957. The summed E-state index contributed by atoms with van der Waals surface area (Å²) in [7, 11) is 0. The lowest BCUT2D eigenvalue weighted by Gasteiger charge is -2.19. The van der Waals surface area contributed by atoms with E-state index >= 15 is 0 Å². The fraction of sp³-hybridized carbons (Fsp3) is 0.148. The van der Waals surface area contributed by atoms with E-state index in [-0.39, 0.29) is 11.2 Å².